The number of nitrogens with two attached hydrogens (primary N) is 1. The second-order valence-corrected chi connectivity index (χ2v) is 9.95. The molecule has 0 aliphatic carbocycles. The average molecular weight is 516 g/mol. The molecule has 9 heteroatoms. The zero-order chi connectivity index (χ0) is 25.1. The van der Waals surface area contributed by atoms with E-state index in [0.717, 1.165) is 5.56 Å². The largest absolute Gasteiger partial charge is 0.486 e. The smallest absolute Gasteiger partial charge is 0.247 e. The van der Waals surface area contributed by atoms with Crippen LogP contribution in [0.25, 0.3) is 0 Å². The van der Waals surface area contributed by atoms with Crippen LogP contribution in [-0.4, -0.2) is 59.4 Å². The third kappa shape index (κ3) is 6.43. The number of rotatable bonds is 7. The van der Waals surface area contributed by atoms with Crippen molar-refractivity contribution < 1.29 is 23.9 Å². The minimum absolute atomic E-state index is 0. The molecule has 0 aromatic heterocycles. The predicted molar refractivity (Wildman–Crippen MR) is 138 cm³/mol. The SMILES string of the molecule is CC(C)(N)C(=O)NC(COCc1ccccc1)C(=O)N1CCC2(CC1)CC(=O)c1ccccc1O2.Cl. The van der Waals surface area contributed by atoms with Gasteiger partial charge in [-0.15, -0.1) is 12.4 Å². The number of benzene rings is 2. The van der Waals surface area contributed by atoms with Crippen LogP contribution in [0.5, 0.6) is 5.75 Å². The van der Waals surface area contributed by atoms with E-state index in [2.05, 4.69) is 5.32 Å². The number of nitrogens with one attached hydrogen (secondary N) is 1. The summed E-state index contributed by atoms with van der Waals surface area (Å²) in [7, 11) is 0. The number of nitrogens with zero attached hydrogens (tertiary/aromatic N) is 1. The highest BCUT2D eigenvalue weighted by Crippen LogP contribution is 2.39. The average Bonchev–Trinajstić information content (AvgIpc) is 2.83. The van der Waals surface area contributed by atoms with E-state index in [-0.39, 0.29) is 30.7 Å². The summed E-state index contributed by atoms with van der Waals surface area (Å²) in [5, 5.41) is 2.77. The Balaban J connectivity index is 0.00000361. The summed E-state index contributed by atoms with van der Waals surface area (Å²) < 4.78 is 12.1. The summed E-state index contributed by atoms with van der Waals surface area (Å²) in [6.07, 6.45) is 1.37. The fourth-order valence-electron chi connectivity index (χ4n) is 4.46. The van der Waals surface area contributed by atoms with Gasteiger partial charge in [-0.25, -0.2) is 0 Å². The monoisotopic (exact) mass is 515 g/mol. The summed E-state index contributed by atoms with van der Waals surface area (Å²) in [6, 6.07) is 16.0. The van der Waals surface area contributed by atoms with Gasteiger partial charge in [-0.05, 0) is 31.5 Å². The van der Waals surface area contributed by atoms with Gasteiger partial charge in [0.25, 0.3) is 0 Å². The molecule has 3 N–H and O–H groups in total. The number of likely N-dealkylation sites (tertiary alicyclic amines) is 1. The first-order valence-corrected chi connectivity index (χ1v) is 12.0. The summed E-state index contributed by atoms with van der Waals surface area (Å²) in [5.41, 5.74) is 5.79. The Kier molecular flexibility index (Phi) is 8.76. The van der Waals surface area contributed by atoms with Gasteiger partial charge in [0.05, 0.1) is 30.7 Å². The summed E-state index contributed by atoms with van der Waals surface area (Å²) >= 11 is 0. The third-order valence-electron chi connectivity index (χ3n) is 6.57. The standard InChI is InChI=1S/C27H33N3O5.ClH/c1-26(2,28)25(33)29-21(18-34-17-19-8-4-3-5-9-19)24(32)30-14-12-27(13-15-30)16-22(31)20-10-6-7-11-23(20)35-27;/h3-11,21H,12-18,28H2,1-2H3,(H,29,33);1H. The minimum Gasteiger partial charge on any atom is -0.486 e. The van der Waals surface area contributed by atoms with E-state index in [0.29, 0.717) is 50.3 Å². The molecule has 1 saturated heterocycles. The molecule has 8 nitrogen and oxygen atoms in total. The van der Waals surface area contributed by atoms with E-state index in [1.54, 1.807) is 24.8 Å². The molecular weight excluding hydrogens is 482 g/mol. The lowest BCUT2D eigenvalue weighted by Crippen LogP contribution is -2.60. The number of ether oxygens (including phenoxy) is 2. The van der Waals surface area contributed by atoms with E-state index < -0.39 is 23.1 Å². The molecule has 0 bridgehead atoms. The molecule has 2 aromatic carbocycles. The zero-order valence-corrected chi connectivity index (χ0v) is 21.5. The number of hydrogen-bond donors (Lipinski definition) is 2. The van der Waals surface area contributed by atoms with Crippen LogP contribution >= 0.6 is 12.4 Å². The lowest BCUT2D eigenvalue weighted by Gasteiger charge is -2.44. The molecule has 0 radical (unpaired) electrons. The van der Waals surface area contributed by atoms with Crippen molar-refractivity contribution in [3.8, 4) is 5.75 Å². The van der Waals surface area contributed by atoms with Crippen molar-refractivity contribution in [3.63, 3.8) is 0 Å². The maximum atomic E-state index is 13.4. The van der Waals surface area contributed by atoms with Gasteiger partial charge >= 0.3 is 0 Å². The molecule has 1 spiro atoms. The van der Waals surface area contributed by atoms with Gasteiger partial charge in [0.15, 0.2) is 5.78 Å². The van der Waals surface area contributed by atoms with Gasteiger partial charge in [0.2, 0.25) is 11.8 Å². The fraction of sp³-hybridized carbons (Fsp3) is 0.444. The van der Waals surface area contributed by atoms with Crippen molar-refractivity contribution >= 4 is 30.0 Å². The Morgan fingerprint density at radius 2 is 1.75 bits per heavy atom. The van der Waals surface area contributed by atoms with E-state index in [1.807, 2.05) is 48.5 Å². The van der Waals surface area contributed by atoms with E-state index in [4.69, 9.17) is 15.2 Å². The molecule has 2 amide bonds. The zero-order valence-electron chi connectivity index (χ0n) is 20.7. The summed E-state index contributed by atoms with van der Waals surface area (Å²) in [4.78, 5) is 40.4. The number of piperidine rings is 1. The topological polar surface area (TPSA) is 111 Å². The molecule has 1 atom stereocenters. The van der Waals surface area contributed by atoms with Crippen molar-refractivity contribution in [2.45, 2.75) is 56.9 Å². The molecular formula is C27H34ClN3O5. The third-order valence-corrected chi connectivity index (χ3v) is 6.57. The maximum Gasteiger partial charge on any atom is 0.247 e. The van der Waals surface area contributed by atoms with Crippen LogP contribution < -0.4 is 15.8 Å². The lowest BCUT2D eigenvalue weighted by molar-refractivity contribution is -0.142. The number of amides is 2. The fourth-order valence-corrected chi connectivity index (χ4v) is 4.46. The van der Waals surface area contributed by atoms with Crippen LogP contribution in [0.4, 0.5) is 0 Å². The van der Waals surface area contributed by atoms with E-state index >= 15 is 0 Å². The second kappa shape index (κ2) is 11.4. The Labute approximate surface area is 217 Å². The number of para-hydroxylation sites is 1. The van der Waals surface area contributed by atoms with Crippen molar-refractivity contribution in [1.82, 2.24) is 10.2 Å². The molecule has 36 heavy (non-hydrogen) atoms. The molecule has 0 saturated carbocycles. The van der Waals surface area contributed by atoms with Crippen molar-refractivity contribution in [3.05, 3.63) is 65.7 Å². The van der Waals surface area contributed by atoms with Crippen molar-refractivity contribution in [1.29, 1.82) is 0 Å². The van der Waals surface area contributed by atoms with Gasteiger partial charge in [-0.3, -0.25) is 14.4 Å². The lowest BCUT2D eigenvalue weighted by atomic mass is 9.82. The molecule has 2 aliphatic rings. The highest BCUT2D eigenvalue weighted by atomic mass is 35.5. The van der Waals surface area contributed by atoms with Gasteiger partial charge in [0, 0.05) is 25.9 Å². The van der Waals surface area contributed by atoms with Crippen molar-refractivity contribution in [2.24, 2.45) is 5.73 Å². The van der Waals surface area contributed by atoms with Crippen LogP contribution in [0.2, 0.25) is 0 Å². The predicted octanol–water partition coefficient (Wildman–Crippen LogP) is 2.87. The van der Waals surface area contributed by atoms with Gasteiger partial charge in [-0.1, -0.05) is 42.5 Å². The summed E-state index contributed by atoms with van der Waals surface area (Å²) in [6.45, 7) is 4.38. The van der Waals surface area contributed by atoms with Gasteiger partial charge in [-0.2, -0.15) is 0 Å². The number of halogens is 1. The molecule has 2 aliphatic heterocycles. The molecule has 2 heterocycles. The number of Topliss-reactive ketones (excluding diaryl/α,β-unsaturated/α-hetero) is 1. The number of ketones is 1. The van der Waals surface area contributed by atoms with Gasteiger partial charge in [0.1, 0.15) is 17.4 Å². The molecule has 194 valence electrons. The normalized spacial score (nSPS) is 17.4. The van der Waals surface area contributed by atoms with Crippen LogP contribution in [-0.2, 0) is 20.9 Å². The van der Waals surface area contributed by atoms with Crippen LogP contribution in [0.15, 0.2) is 54.6 Å². The number of carbonyl (C=O) groups excluding carboxylic acids is 3. The minimum atomic E-state index is -1.13. The number of carbonyl (C=O) groups is 3. The van der Waals surface area contributed by atoms with E-state index in [9.17, 15) is 14.4 Å². The van der Waals surface area contributed by atoms with Gasteiger partial charge < -0.3 is 25.4 Å². The van der Waals surface area contributed by atoms with E-state index in [1.165, 1.54) is 0 Å². The Hall–Kier alpha value is -2.94. The summed E-state index contributed by atoms with van der Waals surface area (Å²) in [5.74, 6) is 0.0166. The Morgan fingerprint density at radius 1 is 1.11 bits per heavy atom. The van der Waals surface area contributed by atoms with Crippen LogP contribution in [0.3, 0.4) is 0 Å². The number of fused-ring (bicyclic) bond motifs is 1. The first-order chi connectivity index (χ1) is 16.7. The molecule has 1 fully saturated rings. The highest BCUT2D eigenvalue weighted by molar-refractivity contribution is 6.00. The van der Waals surface area contributed by atoms with Crippen molar-refractivity contribution in [2.75, 3.05) is 19.7 Å². The highest BCUT2D eigenvalue weighted by Gasteiger charge is 2.44. The number of hydrogen-bond acceptors (Lipinski definition) is 6. The molecule has 2 aromatic rings. The molecule has 4 rings (SSSR count). The Bertz CT molecular complexity index is 1080. The Morgan fingerprint density at radius 3 is 2.42 bits per heavy atom. The van der Waals surface area contributed by atoms with Crippen LogP contribution in [0, 0.1) is 0 Å². The first-order valence-electron chi connectivity index (χ1n) is 12.0. The van der Waals surface area contributed by atoms with Crippen LogP contribution in [0.1, 0.15) is 49.0 Å². The first kappa shape index (κ1) is 27.6. The molecule has 1 unspecified atom stereocenters. The second-order valence-electron chi connectivity index (χ2n) is 9.95. The maximum absolute atomic E-state index is 13.4. The quantitative estimate of drug-likeness (QED) is 0.586.